The van der Waals surface area contributed by atoms with Crippen LogP contribution in [0.25, 0.3) is 10.9 Å². The largest absolute Gasteiger partial charge is 0.465 e. The molecule has 27 heavy (non-hydrogen) atoms. The molecule has 0 saturated heterocycles. The Morgan fingerprint density at radius 3 is 3.07 bits per heavy atom. The summed E-state index contributed by atoms with van der Waals surface area (Å²) < 4.78 is 21.0. The lowest BCUT2D eigenvalue weighted by molar-refractivity contribution is -0.143. The van der Waals surface area contributed by atoms with Crippen LogP contribution in [0.3, 0.4) is 0 Å². The Balaban J connectivity index is 1.68. The Morgan fingerprint density at radius 1 is 1.48 bits per heavy atom. The first kappa shape index (κ1) is 18.0. The van der Waals surface area contributed by atoms with Gasteiger partial charge >= 0.3 is 5.97 Å². The number of fused-ring (bicyclic) bond motifs is 3. The molecule has 1 atom stereocenters. The van der Waals surface area contributed by atoms with Crippen LogP contribution in [0.2, 0.25) is 0 Å². The first-order valence-electron chi connectivity index (χ1n) is 9.19. The van der Waals surface area contributed by atoms with Crippen LogP contribution in [0.5, 0.6) is 0 Å². The van der Waals surface area contributed by atoms with Gasteiger partial charge in [-0.2, -0.15) is 0 Å². The summed E-state index contributed by atoms with van der Waals surface area (Å²) in [5.74, 6) is -0.524. The van der Waals surface area contributed by atoms with Crippen molar-refractivity contribution >= 4 is 33.3 Å². The minimum atomic E-state index is -0.264. The minimum Gasteiger partial charge on any atom is -0.465 e. The van der Waals surface area contributed by atoms with Crippen molar-refractivity contribution in [3.8, 4) is 0 Å². The first-order chi connectivity index (χ1) is 13.0. The number of halogens is 1. The molecule has 0 bridgehead atoms. The third-order valence-electron chi connectivity index (χ3n) is 4.97. The summed E-state index contributed by atoms with van der Waals surface area (Å²) in [7, 11) is 0. The Bertz CT molecular complexity index is 995. The van der Waals surface area contributed by atoms with E-state index < -0.39 is 0 Å². The molecule has 1 aliphatic carbocycles. The predicted octanol–water partition coefficient (Wildman–Crippen LogP) is 4.08. The van der Waals surface area contributed by atoms with E-state index in [-0.39, 0.29) is 24.4 Å². The van der Waals surface area contributed by atoms with E-state index in [2.05, 4.69) is 10.3 Å². The zero-order valence-electron chi connectivity index (χ0n) is 15.4. The van der Waals surface area contributed by atoms with Gasteiger partial charge in [-0.05, 0) is 56.9 Å². The maximum atomic E-state index is 13.9. The minimum absolute atomic E-state index is 0.162. The Morgan fingerprint density at radius 2 is 2.33 bits per heavy atom. The fourth-order valence-electron chi connectivity index (χ4n) is 3.86. The third kappa shape index (κ3) is 3.56. The fraction of sp³-hybridized carbons (Fsp3) is 0.400. The molecule has 1 unspecified atom stereocenters. The number of carbonyl (C=O) groups excluding carboxylic acids is 1. The summed E-state index contributed by atoms with van der Waals surface area (Å²) in [6.45, 7) is 4.29. The lowest BCUT2D eigenvalue weighted by atomic mass is 9.91. The van der Waals surface area contributed by atoms with Gasteiger partial charge in [0.2, 0.25) is 0 Å². The summed E-state index contributed by atoms with van der Waals surface area (Å²) in [6, 6.07) is 5.03. The number of aryl methyl sites for hydroxylation is 1. The molecule has 2 heterocycles. The van der Waals surface area contributed by atoms with Gasteiger partial charge in [0.15, 0.2) is 5.13 Å². The van der Waals surface area contributed by atoms with Crippen molar-refractivity contribution in [2.24, 2.45) is 0 Å². The number of rotatable bonds is 5. The fourth-order valence-corrected chi connectivity index (χ4v) is 4.62. The molecule has 0 fully saturated rings. The molecule has 0 amide bonds. The number of aromatic nitrogens is 2. The molecule has 0 spiro atoms. The number of ether oxygens (including phenoxy) is 1. The van der Waals surface area contributed by atoms with Crippen LogP contribution in [0, 0.1) is 12.7 Å². The van der Waals surface area contributed by atoms with Gasteiger partial charge in [0, 0.05) is 28.0 Å². The molecular weight excluding hydrogens is 365 g/mol. The van der Waals surface area contributed by atoms with E-state index in [0.717, 1.165) is 52.2 Å². The zero-order chi connectivity index (χ0) is 19.0. The monoisotopic (exact) mass is 387 g/mol. The van der Waals surface area contributed by atoms with Crippen LogP contribution in [0.15, 0.2) is 23.6 Å². The zero-order valence-corrected chi connectivity index (χ0v) is 16.2. The first-order valence-corrected chi connectivity index (χ1v) is 10.1. The number of benzene rings is 1. The molecule has 7 heteroatoms. The van der Waals surface area contributed by atoms with Crippen LogP contribution in [-0.4, -0.2) is 28.2 Å². The van der Waals surface area contributed by atoms with Crippen molar-refractivity contribution in [1.29, 1.82) is 0 Å². The lowest BCUT2D eigenvalue weighted by Gasteiger charge is -2.24. The summed E-state index contributed by atoms with van der Waals surface area (Å²) in [4.78, 5) is 16.6. The molecular formula is C20H22FN3O2S. The van der Waals surface area contributed by atoms with E-state index in [1.165, 1.54) is 6.07 Å². The molecule has 1 N–H and O–H groups in total. The quantitative estimate of drug-likeness (QED) is 0.671. The maximum Gasteiger partial charge on any atom is 0.325 e. The molecule has 0 radical (unpaired) electrons. The molecule has 0 saturated carbocycles. The molecule has 1 aromatic carbocycles. The second-order valence-corrected chi connectivity index (χ2v) is 7.71. The van der Waals surface area contributed by atoms with Gasteiger partial charge in [0.25, 0.3) is 0 Å². The summed E-state index contributed by atoms with van der Waals surface area (Å²) in [5, 5.41) is 7.33. The standard InChI is InChI=1S/C20H22FN3O2S/c1-3-26-19(25)10-24-17-6-4-13(21)8-15(17)16-9-14(5-7-18(16)24)23-20-22-12(2)11-27-20/h4,6,8,11,14H,3,5,7,9-10H2,1-2H3,(H,22,23). The number of nitrogens with one attached hydrogen (secondary N) is 1. The number of anilines is 1. The van der Waals surface area contributed by atoms with Crippen LogP contribution in [0.1, 0.15) is 30.3 Å². The van der Waals surface area contributed by atoms with Gasteiger partial charge in [0.1, 0.15) is 12.4 Å². The van der Waals surface area contributed by atoms with Crippen LogP contribution in [0.4, 0.5) is 9.52 Å². The number of hydrogen-bond donors (Lipinski definition) is 1. The number of thiazole rings is 1. The highest BCUT2D eigenvalue weighted by molar-refractivity contribution is 7.13. The van der Waals surface area contributed by atoms with Crippen molar-refractivity contribution in [3.05, 3.63) is 46.3 Å². The topological polar surface area (TPSA) is 56.1 Å². The molecule has 142 valence electrons. The third-order valence-corrected chi connectivity index (χ3v) is 5.86. The number of hydrogen-bond acceptors (Lipinski definition) is 5. The van der Waals surface area contributed by atoms with Gasteiger partial charge in [-0.25, -0.2) is 9.37 Å². The number of carbonyl (C=O) groups is 1. The van der Waals surface area contributed by atoms with Crippen molar-refractivity contribution in [1.82, 2.24) is 9.55 Å². The van der Waals surface area contributed by atoms with E-state index in [1.54, 1.807) is 30.4 Å². The van der Waals surface area contributed by atoms with Crippen molar-refractivity contribution in [2.75, 3.05) is 11.9 Å². The van der Waals surface area contributed by atoms with Crippen molar-refractivity contribution in [2.45, 2.75) is 45.7 Å². The van der Waals surface area contributed by atoms with E-state index >= 15 is 0 Å². The highest BCUT2D eigenvalue weighted by atomic mass is 32.1. The molecule has 4 rings (SSSR count). The maximum absolute atomic E-state index is 13.9. The molecule has 5 nitrogen and oxygen atoms in total. The summed E-state index contributed by atoms with van der Waals surface area (Å²) in [6.07, 6.45) is 2.55. The smallest absolute Gasteiger partial charge is 0.325 e. The van der Waals surface area contributed by atoms with Crippen LogP contribution in [-0.2, 0) is 28.9 Å². The Hall–Kier alpha value is -2.41. The van der Waals surface area contributed by atoms with Crippen LogP contribution < -0.4 is 5.32 Å². The van der Waals surface area contributed by atoms with Gasteiger partial charge in [-0.1, -0.05) is 0 Å². The lowest BCUT2D eigenvalue weighted by Crippen LogP contribution is -2.28. The predicted molar refractivity (Wildman–Crippen MR) is 105 cm³/mol. The van der Waals surface area contributed by atoms with Crippen LogP contribution >= 0.6 is 11.3 Å². The molecule has 0 aliphatic heterocycles. The molecule has 2 aromatic heterocycles. The van der Waals surface area contributed by atoms with E-state index in [1.807, 2.05) is 16.9 Å². The van der Waals surface area contributed by atoms with Gasteiger partial charge in [-0.3, -0.25) is 4.79 Å². The second-order valence-electron chi connectivity index (χ2n) is 6.86. The number of esters is 1. The van der Waals surface area contributed by atoms with Gasteiger partial charge in [0.05, 0.1) is 12.3 Å². The summed E-state index contributed by atoms with van der Waals surface area (Å²) >= 11 is 1.60. The SMILES string of the molecule is CCOC(=O)Cn1c2c(c3cc(F)ccc31)CC(Nc1nc(C)cs1)CC2. The van der Waals surface area contributed by atoms with Crippen molar-refractivity contribution in [3.63, 3.8) is 0 Å². The van der Waals surface area contributed by atoms with Gasteiger partial charge < -0.3 is 14.6 Å². The summed E-state index contributed by atoms with van der Waals surface area (Å²) in [5.41, 5.74) is 4.12. The Labute approximate surface area is 161 Å². The van der Waals surface area contributed by atoms with E-state index in [4.69, 9.17) is 4.74 Å². The van der Waals surface area contributed by atoms with E-state index in [0.29, 0.717) is 6.61 Å². The van der Waals surface area contributed by atoms with Crippen molar-refractivity contribution < 1.29 is 13.9 Å². The normalized spacial score (nSPS) is 16.3. The second kappa shape index (κ2) is 7.31. The molecule has 1 aliphatic rings. The van der Waals surface area contributed by atoms with E-state index in [9.17, 15) is 9.18 Å². The highest BCUT2D eigenvalue weighted by Crippen LogP contribution is 2.34. The average molecular weight is 387 g/mol. The highest BCUT2D eigenvalue weighted by Gasteiger charge is 2.27. The Kier molecular flexibility index (Phi) is 4.86. The van der Waals surface area contributed by atoms with Gasteiger partial charge in [-0.15, -0.1) is 11.3 Å². The average Bonchev–Trinajstić information content (AvgIpc) is 3.17. The number of nitrogens with zero attached hydrogens (tertiary/aromatic N) is 2. The molecule has 3 aromatic rings.